The summed E-state index contributed by atoms with van der Waals surface area (Å²) in [6.07, 6.45) is 1.55. The molecule has 2 aromatic carbocycles. The Morgan fingerprint density at radius 2 is 1.83 bits per heavy atom. The third-order valence-corrected chi connectivity index (χ3v) is 6.99. The van der Waals surface area contributed by atoms with Crippen LogP contribution in [0, 0.1) is 18.3 Å². The second kappa shape index (κ2) is 11.0. The first kappa shape index (κ1) is 25.6. The van der Waals surface area contributed by atoms with Crippen molar-refractivity contribution in [3.63, 3.8) is 0 Å². The van der Waals surface area contributed by atoms with Gasteiger partial charge in [0.25, 0.3) is 11.8 Å². The number of rotatable bonds is 6. The Morgan fingerprint density at radius 1 is 1.11 bits per heavy atom. The Hall–Kier alpha value is -3.51. The van der Waals surface area contributed by atoms with Crippen LogP contribution >= 0.6 is 0 Å². The lowest BCUT2D eigenvalue weighted by Gasteiger charge is -2.32. The maximum absolute atomic E-state index is 13.3. The number of nitrogens with one attached hydrogen (secondary N) is 2. The molecule has 2 N–H and O–H groups in total. The van der Waals surface area contributed by atoms with Crippen molar-refractivity contribution in [3.05, 3.63) is 64.7 Å². The highest BCUT2D eigenvalue weighted by molar-refractivity contribution is 5.97. The van der Waals surface area contributed by atoms with E-state index in [-0.39, 0.29) is 25.4 Å². The van der Waals surface area contributed by atoms with Crippen LogP contribution < -0.4 is 10.6 Å². The van der Waals surface area contributed by atoms with Crippen molar-refractivity contribution < 1.29 is 18.4 Å². The Balaban J connectivity index is 1.28. The number of nitrogens with zero attached hydrogens (tertiary/aromatic N) is 3. The average molecular weight is 496 g/mol. The summed E-state index contributed by atoms with van der Waals surface area (Å²) < 4.78 is 26.6. The SMILES string of the molecule is Cc1ccc(C(=O)N2CCC(c3ccc(C#N)cc3)CC2)cc1NC(=O)NCCN1CCC(F)(F)C1. The number of piperidine rings is 1. The topological polar surface area (TPSA) is 88.5 Å². The van der Waals surface area contributed by atoms with E-state index in [0.29, 0.717) is 48.9 Å². The average Bonchev–Trinajstić information content (AvgIpc) is 3.23. The number of hydrogen-bond donors (Lipinski definition) is 2. The van der Waals surface area contributed by atoms with E-state index in [2.05, 4.69) is 16.7 Å². The molecule has 9 heteroatoms. The van der Waals surface area contributed by atoms with E-state index >= 15 is 0 Å². The number of urea groups is 1. The standard InChI is InChI=1S/C27H31F2N5O2/c1-19-2-5-23(16-24(19)32-26(36)31-11-15-33-14-10-27(28,29)18-33)25(35)34-12-8-22(9-13-34)21-6-3-20(17-30)4-7-21/h2-7,16,22H,8-15,18H2,1H3,(H2,31,32,36). The molecule has 2 aliphatic heterocycles. The summed E-state index contributed by atoms with van der Waals surface area (Å²) in [4.78, 5) is 29.0. The van der Waals surface area contributed by atoms with E-state index < -0.39 is 12.0 Å². The number of halogens is 2. The molecule has 4 rings (SSSR count). The third-order valence-electron chi connectivity index (χ3n) is 6.99. The zero-order valence-corrected chi connectivity index (χ0v) is 20.4. The molecule has 7 nitrogen and oxygen atoms in total. The van der Waals surface area contributed by atoms with E-state index in [1.165, 1.54) is 5.56 Å². The summed E-state index contributed by atoms with van der Waals surface area (Å²) in [6.45, 7) is 3.78. The van der Waals surface area contributed by atoms with Gasteiger partial charge in [-0.3, -0.25) is 9.69 Å². The Labute approximate surface area is 210 Å². The van der Waals surface area contributed by atoms with Crippen molar-refractivity contribution in [1.82, 2.24) is 15.1 Å². The van der Waals surface area contributed by atoms with E-state index in [0.717, 1.165) is 18.4 Å². The lowest BCUT2D eigenvalue weighted by molar-refractivity contribution is 0.0124. The van der Waals surface area contributed by atoms with Crippen molar-refractivity contribution in [1.29, 1.82) is 5.26 Å². The molecular formula is C27H31F2N5O2. The third kappa shape index (κ3) is 6.38. The van der Waals surface area contributed by atoms with E-state index in [9.17, 15) is 18.4 Å². The Kier molecular flexibility index (Phi) is 7.85. The van der Waals surface area contributed by atoms with Gasteiger partial charge in [-0.2, -0.15) is 5.26 Å². The number of carbonyl (C=O) groups excluding carboxylic acids is 2. The normalized spacial score (nSPS) is 18.0. The second-order valence-corrected chi connectivity index (χ2v) is 9.59. The molecule has 0 atom stereocenters. The number of carbonyl (C=O) groups is 2. The van der Waals surface area contributed by atoms with Gasteiger partial charge in [-0.25, -0.2) is 13.6 Å². The number of likely N-dealkylation sites (tertiary alicyclic amines) is 2. The summed E-state index contributed by atoms with van der Waals surface area (Å²) in [6, 6.07) is 14.6. The predicted octanol–water partition coefficient (Wildman–Crippen LogP) is 4.35. The molecule has 2 saturated heterocycles. The minimum atomic E-state index is -2.65. The number of benzene rings is 2. The van der Waals surface area contributed by atoms with Crippen LogP contribution in [0.15, 0.2) is 42.5 Å². The van der Waals surface area contributed by atoms with E-state index in [1.54, 1.807) is 23.1 Å². The van der Waals surface area contributed by atoms with Gasteiger partial charge in [0.15, 0.2) is 0 Å². The minimum Gasteiger partial charge on any atom is -0.339 e. The van der Waals surface area contributed by atoms with Crippen LogP contribution in [0.2, 0.25) is 0 Å². The monoisotopic (exact) mass is 495 g/mol. The largest absolute Gasteiger partial charge is 0.339 e. The van der Waals surface area contributed by atoms with Crippen molar-refractivity contribution in [2.45, 2.75) is 38.0 Å². The molecule has 0 radical (unpaired) electrons. The molecule has 2 aliphatic rings. The van der Waals surface area contributed by atoms with Crippen molar-refractivity contribution in [2.75, 3.05) is 44.6 Å². The van der Waals surface area contributed by atoms with Crippen molar-refractivity contribution in [2.24, 2.45) is 0 Å². The number of alkyl halides is 2. The fourth-order valence-electron chi connectivity index (χ4n) is 4.81. The lowest BCUT2D eigenvalue weighted by atomic mass is 9.89. The lowest BCUT2D eigenvalue weighted by Crippen LogP contribution is -2.38. The molecular weight excluding hydrogens is 464 g/mol. The first-order valence-corrected chi connectivity index (χ1v) is 12.3. The van der Waals surface area contributed by atoms with Crippen molar-refractivity contribution in [3.8, 4) is 6.07 Å². The molecule has 190 valence electrons. The van der Waals surface area contributed by atoms with E-state index in [4.69, 9.17) is 5.26 Å². The van der Waals surface area contributed by atoms with Gasteiger partial charge in [0.2, 0.25) is 0 Å². The summed E-state index contributed by atoms with van der Waals surface area (Å²) >= 11 is 0. The highest BCUT2D eigenvalue weighted by Gasteiger charge is 2.37. The second-order valence-electron chi connectivity index (χ2n) is 9.59. The van der Waals surface area contributed by atoms with Gasteiger partial charge in [0, 0.05) is 50.4 Å². The number of anilines is 1. The summed E-state index contributed by atoms with van der Waals surface area (Å²) in [5.41, 5.74) is 3.69. The van der Waals surface area contributed by atoms with Gasteiger partial charge in [-0.1, -0.05) is 18.2 Å². The molecule has 0 unspecified atom stereocenters. The number of amides is 3. The van der Waals surface area contributed by atoms with Gasteiger partial charge in [-0.15, -0.1) is 0 Å². The van der Waals surface area contributed by atoms with E-state index in [1.807, 2.05) is 36.1 Å². The fourth-order valence-corrected chi connectivity index (χ4v) is 4.81. The molecule has 0 spiro atoms. The summed E-state index contributed by atoms with van der Waals surface area (Å²) in [7, 11) is 0. The van der Waals surface area contributed by atoms with Crippen LogP contribution in [0.5, 0.6) is 0 Å². The highest BCUT2D eigenvalue weighted by atomic mass is 19.3. The van der Waals surface area contributed by atoms with Crippen LogP contribution in [0.1, 0.15) is 52.2 Å². The molecule has 2 heterocycles. The predicted molar refractivity (Wildman–Crippen MR) is 133 cm³/mol. The summed E-state index contributed by atoms with van der Waals surface area (Å²) in [5, 5.41) is 14.5. The van der Waals surface area contributed by atoms with Crippen LogP contribution in [0.25, 0.3) is 0 Å². The van der Waals surface area contributed by atoms with Crippen LogP contribution in [0.4, 0.5) is 19.3 Å². The molecule has 0 aromatic heterocycles. The maximum Gasteiger partial charge on any atom is 0.319 e. The van der Waals surface area contributed by atoms with Crippen LogP contribution in [-0.4, -0.2) is 66.9 Å². The maximum atomic E-state index is 13.3. The zero-order valence-electron chi connectivity index (χ0n) is 20.4. The Bertz CT molecular complexity index is 1140. The van der Waals surface area contributed by atoms with Gasteiger partial charge in [-0.05, 0) is 61.1 Å². The zero-order chi connectivity index (χ0) is 25.7. The number of hydrogen-bond acceptors (Lipinski definition) is 4. The molecule has 36 heavy (non-hydrogen) atoms. The van der Waals surface area contributed by atoms with Crippen LogP contribution in [0.3, 0.4) is 0 Å². The van der Waals surface area contributed by atoms with Gasteiger partial charge >= 0.3 is 6.03 Å². The van der Waals surface area contributed by atoms with Crippen molar-refractivity contribution >= 4 is 17.6 Å². The first-order valence-electron chi connectivity index (χ1n) is 12.3. The highest BCUT2D eigenvalue weighted by Crippen LogP contribution is 2.29. The van der Waals surface area contributed by atoms with Gasteiger partial charge in [0.1, 0.15) is 0 Å². The number of nitriles is 1. The molecule has 2 aromatic rings. The minimum absolute atomic E-state index is 0.0771. The molecule has 0 saturated carbocycles. The number of aryl methyl sites for hydroxylation is 1. The smallest absolute Gasteiger partial charge is 0.319 e. The molecule has 0 bridgehead atoms. The molecule has 0 aliphatic carbocycles. The van der Waals surface area contributed by atoms with Gasteiger partial charge in [0.05, 0.1) is 18.2 Å². The summed E-state index contributed by atoms with van der Waals surface area (Å²) in [5.74, 6) is -2.37. The quantitative estimate of drug-likeness (QED) is 0.624. The first-order chi connectivity index (χ1) is 17.2. The van der Waals surface area contributed by atoms with Gasteiger partial charge < -0.3 is 15.5 Å². The fraction of sp³-hybridized carbons (Fsp3) is 0.444. The molecule has 2 fully saturated rings. The Morgan fingerprint density at radius 3 is 2.47 bits per heavy atom. The molecule has 3 amide bonds. The van der Waals surface area contributed by atoms with Crippen LogP contribution in [-0.2, 0) is 0 Å².